The lowest BCUT2D eigenvalue weighted by molar-refractivity contribution is 0.428. The van der Waals surface area contributed by atoms with Crippen LogP contribution in [0.1, 0.15) is 13.3 Å². The summed E-state index contributed by atoms with van der Waals surface area (Å²) in [5.74, 6) is 0. The molecule has 0 N–H and O–H groups in total. The molecule has 0 aromatic rings. The molecule has 0 aliphatic rings. The molecule has 1 unspecified atom stereocenters. The van der Waals surface area contributed by atoms with E-state index in [0.29, 0.717) is 0 Å². The molecule has 0 bridgehead atoms. The average Bonchev–Trinajstić information content (AvgIpc) is 1.88. The van der Waals surface area contributed by atoms with E-state index in [0.717, 1.165) is 6.42 Å². The maximum Gasteiger partial charge on any atom is 0.120 e. The normalized spacial score (nSPS) is 14.6. The van der Waals surface area contributed by atoms with Crippen molar-refractivity contribution in [2.45, 2.75) is 39.0 Å². The smallest absolute Gasteiger partial charge is 0.120 e. The third-order valence-corrected chi connectivity index (χ3v) is 4.49. The Labute approximate surface area is 70.9 Å². The Morgan fingerprint density at radius 1 is 1.45 bits per heavy atom. The van der Waals surface area contributed by atoms with Crippen LogP contribution in [0.3, 0.4) is 0 Å². The highest BCUT2D eigenvalue weighted by molar-refractivity contribution is 6.73. The van der Waals surface area contributed by atoms with Gasteiger partial charge in [0.15, 0.2) is 0 Å². The van der Waals surface area contributed by atoms with E-state index in [1.54, 1.807) is 0 Å². The van der Waals surface area contributed by atoms with Gasteiger partial charge in [-0.2, -0.15) is 5.26 Å². The van der Waals surface area contributed by atoms with Gasteiger partial charge in [0.2, 0.25) is 0 Å². The fourth-order valence-corrected chi connectivity index (χ4v) is 2.09. The molecular weight excluding hydrogens is 152 g/mol. The first-order valence-electron chi connectivity index (χ1n) is 4.06. The van der Waals surface area contributed by atoms with E-state index in [1.807, 2.05) is 0 Å². The summed E-state index contributed by atoms with van der Waals surface area (Å²) in [7, 11) is 0.804. The third-order valence-electron chi connectivity index (χ3n) is 2.06. The minimum Gasteiger partial charge on any atom is -0.312 e. The summed E-state index contributed by atoms with van der Waals surface area (Å²) in [6.07, 6.45) is 0.928. The first-order valence-corrected chi connectivity index (χ1v) is 7.50. The lowest BCUT2D eigenvalue weighted by atomic mass is 10.3. The minimum absolute atomic E-state index is 0.113. The van der Waals surface area contributed by atoms with Crippen LogP contribution in [0.2, 0.25) is 19.6 Å². The number of hydrogen-bond donors (Lipinski definition) is 0. The predicted octanol–water partition coefficient (Wildman–Crippen LogP) is 2.06. The van der Waals surface area contributed by atoms with Gasteiger partial charge in [0.25, 0.3) is 0 Å². The van der Waals surface area contributed by atoms with Crippen LogP contribution in [0.4, 0.5) is 0 Å². The number of nitrogens with zero attached hydrogens (tertiary/aromatic N) is 2. The molecule has 3 heteroatoms. The van der Waals surface area contributed by atoms with E-state index >= 15 is 0 Å². The summed E-state index contributed by atoms with van der Waals surface area (Å²) in [6.45, 7) is 8.83. The SMILES string of the molecule is CCC(C#N)N(C)[Si](C)(C)C. The van der Waals surface area contributed by atoms with Gasteiger partial charge in [-0.15, -0.1) is 0 Å². The summed E-state index contributed by atoms with van der Waals surface area (Å²) in [5.41, 5.74) is 0. The fourth-order valence-electron chi connectivity index (χ4n) is 0.919. The number of hydrogen-bond acceptors (Lipinski definition) is 2. The monoisotopic (exact) mass is 170 g/mol. The van der Waals surface area contributed by atoms with Crippen LogP contribution in [0.25, 0.3) is 0 Å². The second kappa shape index (κ2) is 3.89. The Kier molecular flexibility index (Phi) is 3.77. The Hall–Kier alpha value is -0.333. The van der Waals surface area contributed by atoms with Gasteiger partial charge >= 0.3 is 0 Å². The first kappa shape index (κ1) is 10.7. The molecule has 64 valence electrons. The molecular formula is C8H18N2Si. The highest BCUT2D eigenvalue weighted by Gasteiger charge is 2.25. The van der Waals surface area contributed by atoms with Crippen LogP contribution in [0.15, 0.2) is 0 Å². The van der Waals surface area contributed by atoms with Crippen molar-refractivity contribution in [2.75, 3.05) is 7.05 Å². The summed E-state index contributed by atoms with van der Waals surface area (Å²) < 4.78 is 2.24. The van der Waals surface area contributed by atoms with Gasteiger partial charge in [0, 0.05) is 0 Å². The zero-order chi connectivity index (χ0) is 9.07. The quantitative estimate of drug-likeness (QED) is 0.606. The molecule has 0 amide bonds. The summed E-state index contributed by atoms with van der Waals surface area (Å²) >= 11 is 0. The molecule has 0 rings (SSSR count). The third kappa shape index (κ3) is 3.04. The molecule has 0 heterocycles. The topological polar surface area (TPSA) is 27.0 Å². The molecule has 0 aliphatic carbocycles. The summed E-state index contributed by atoms with van der Waals surface area (Å²) in [5, 5.41) is 8.79. The molecule has 0 aromatic heterocycles. The Morgan fingerprint density at radius 2 is 1.91 bits per heavy atom. The zero-order valence-corrected chi connectivity index (χ0v) is 9.18. The van der Waals surface area contributed by atoms with E-state index in [1.165, 1.54) is 0 Å². The Balaban J connectivity index is 4.24. The van der Waals surface area contributed by atoms with Crippen LogP contribution >= 0.6 is 0 Å². The van der Waals surface area contributed by atoms with Crippen molar-refractivity contribution in [3.8, 4) is 6.07 Å². The lowest BCUT2D eigenvalue weighted by Crippen LogP contribution is -2.48. The highest BCUT2D eigenvalue weighted by Crippen LogP contribution is 2.12. The number of rotatable bonds is 3. The van der Waals surface area contributed by atoms with Gasteiger partial charge < -0.3 is 4.57 Å². The van der Waals surface area contributed by atoms with Gasteiger partial charge in [-0.1, -0.05) is 26.6 Å². The molecule has 0 aromatic carbocycles. The van der Waals surface area contributed by atoms with Gasteiger partial charge in [-0.25, -0.2) is 0 Å². The van der Waals surface area contributed by atoms with Crippen molar-refractivity contribution in [3.63, 3.8) is 0 Å². The van der Waals surface area contributed by atoms with E-state index in [2.05, 4.69) is 44.2 Å². The minimum atomic E-state index is -1.25. The average molecular weight is 170 g/mol. The van der Waals surface area contributed by atoms with Crippen LogP contribution in [-0.2, 0) is 0 Å². The maximum atomic E-state index is 8.79. The molecule has 2 nitrogen and oxygen atoms in total. The van der Waals surface area contributed by atoms with Crippen molar-refractivity contribution in [1.29, 1.82) is 5.26 Å². The Bertz CT molecular complexity index is 154. The maximum absolute atomic E-state index is 8.79. The number of nitriles is 1. The zero-order valence-electron chi connectivity index (χ0n) is 8.18. The van der Waals surface area contributed by atoms with Crippen LogP contribution < -0.4 is 0 Å². The molecule has 1 atom stereocenters. The summed E-state index contributed by atoms with van der Waals surface area (Å²) in [6, 6.07) is 2.43. The molecule has 0 spiro atoms. The van der Waals surface area contributed by atoms with Crippen molar-refractivity contribution in [1.82, 2.24) is 4.57 Å². The van der Waals surface area contributed by atoms with E-state index in [9.17, 15) is 0 Å². The van der Waals surface area contributed by atoms with E-state index in [4.69, 9.17) is 5.26 Å². The largest absolute Gasteiger partial charge is 0.312 e. The van der Waals surface area contributed by atoms with Gasteiger partial charge in [0.1, 0.15) is 8.24 Å². The van der Waals surface area contributed by atoms with Crippen molar-refractivity contribution >= 4 is 8.24 Å². The van der Waals surface area contributed by atoms with Gasteiger partial charge in [-0.05, 0) is 13.5 Å². The lowest BCUT2D eigenvalue weighted by Gasteiger charge is -2.33. The summed E-state index contributed by atoms with van der Waals surface area (Å²) in [4.78, 5) is 0. The van der Waals surface area contributed by atoms with Crippen molar-refractivity contribution in [2.24, 2.45) is 0 Å². The second-order valence-electron chi connectivity index (χ2n) is 3.83. The van der Waals surface area contributed by atoms with Gasteiger partial charge in [-0.3, -0.25) is 0 Å². The van der Waals surface area contributed by atoms with Crippen molar-refractivity contribution < 1.29 is 0 Å². The van der Waals surface area contributed by atoms with E-state index < -0.39 is 8.24 Å². The highest BCUT2D eigenvalue weighted by atomic mass is 28.3. The van der Waals surface area contributed by atoms with Gasteiger partial charge in [0.05, 0.1) is 12.1 Å². The van der Waals surface area contributed by atoms with E-state index in [-0.39, 0.29) is 6.04 Å². The second-order valence-corrected chi connectivity index (χ2v) is 8.88. The Morgan fingerprint density at radius 3 is 2.00 bits per heavy atom. The first-order chi connectivity index (χ1) is 4.93. The molecule has 0 radical (unpaired) electrons. The fraction of sp³-hybridized carbons (Fsp3) is 0.875. The molecule has 0 saturated carbocycles. The molecule has 11 heavy (non-hydrogen) atoms. The molecule has 0 aliphatic heterocycles. The van der Waals surface area contributed by atoms with Crippen LogP contribution in [0.5, 0.6) is 0 Å². The van der Waals surface area contributed by atoms with Crippen LogP contribution in [-0.4, -0.2) is 25.9 Å². The van der Waals surface area contributed by atoms with Crippen LogP contribution in [0, 0.1) is 11.3 Å². The standard InChI is InChI=1S/C8H18N2Si/c1-6-8(7-9)10(2)11(3,4)5/h8H,6H2,1-5H3. The molecule has 0 saturated heterocycles. The molecule has 0 fully saturated rings. The van der Waals surface area contributed by atoms with Crippen molar-refractivity contribution in [3.05, 3.63) is 0 Å². The predicted molar refractivity (Wildman–Crippen MR) is 50.8 cm³/mol.